The SMILES string of the molecule is CC(=O)C(C)SC1=NC(c2ccccc2)C(C(=O)O)=C(C)N1. The van der Waals surface area contributed by atoms with Crippen molar-refractivity contribution in [2.45, 2.75) is 32.1 Å². The van der Waals surface area contributed by atoms with Gasteiger partial charge in [0, 0.05) is 5.70 Å². The zero-order valence-corrected chi connectivity index (χ0v) is 13.5. The molecule has 1 aromatic carbocycles. The van der Waals surface area contributed by atoms with Crippen molar-refractivity contribution < 1.29 is 14.7 Å². The lowest BCUT2D eigenvalue weighted by atomic mass is 9.97. The molecular formula is C16H18N2O3S. The van der Waals surface area contributed by atoms with Crippen molar-refractivity contribution >= 4 is 28.7 Å². The molecule has 1 aliphatic heterocycles. The van der Waals surface area contributed by atoms with Crippen LogP contribution in [-0.4, -0.2) is 27.3 Å². The number of amidine groups is 1. The number of benzene rings is 1. The largest absolute Gasteiger partial charge is 0.478 e. The highest BCUT2D eigenvalue weighted by Crippen LogP contribution is 2.32. The highest BCUT2D eigenvalue weighted by Gasteiger charge is 2.29. The van der Waals surface area contributed by atoms with E-state index in [0.29, 0.717) is 10.9 Å². The molecule has 2 rings (SSSR count). The number of hydrogen-bond donors (Lipinski definition) is 2. The maximum Gasteiger partial charge on any atom is 0.335 e. The third kappa shape index (κ3) is 3.57. The summed E-state index contributed by atoms with van der Waals surface area (Å²) in [5.74, 6) is -0.942. The summed E-state index contributed by atoms with van der Waals surface area (Å²) in [5, 5.41) is 12.8. The molecule has 0 aromatic heterocycles. The van der Waals surface area contributed by atoms with Gasteiger partial charge in [-0.15, -0.1) is 0 Å². The molecule has 2 unspecified atom stereocenters. The first-order valence-corrected chi connectivity index (χ1v) is 7.79. The molecule has 0 radical (unpaired) electrons. The van der Waals surface area contributed by atoms with Crippen molar-refractivity contribution in [3.8, 4) is 0 Å². The molecular weight excluding hydrogens is 300 g/mol. The van der Waals surface area contributed by atoms with Gasteiger partial charge in [0.1, 0.15) is 11.8 Å². The Hall–Kier alpha value is -2.08. The van der Waals surface area contributed by atoms with Gasteiger partial charge in [-0.25, -0.2) is 9.79 Å². The van der Waals surface area contributed by atoms with Crippen LogP contribution in [0.5, 0.6) is 0 Å². The fraction of sp³-hybridized carbons (Fsp3) is 0.312. The fourth-order valence-corrected chi connectivity index (χ4v) is 2.99. The minimum absolute atomic E-state index is 0.0522. The van der Waals surface area contributed by atoms with E-state index in [1.165, 1.54) is 18.7 Å². The summed E-state index contributed by atoms with van der Waals surface area (Å²) in [6, 6.07) is 8.72. The van der Waals surface area contributed by atoms with Gasteiger partial charge in [-0.05, 0) is 26.3 Å². The Morgan fingerprint density at radius 3 is 2.50 bits per heavy atom. The lowest BCUT2D eigenvalue weighted by Crippen LogP contribution is -2.31. The van der Waals surface area contributed by atoms with Crippen molar-refractivity contribution in [2.24, 2.45) is 4.99 Å². The summed E-state index contributed by atoms with van der Waals surface area (Å²) in [6.45, 7) is 5.05. The number of nitrogens with zero attached hydrogens (tertiary/aromatic N) is 1. The first-order valence-electron chi connectivity index (χ1n) is 6.91. The summed E-state index contributed by atoms with van der Waals surface area (Å²) >= 11 is 1.31. The summed E-state index contributed by atoms with van der Waals surface area (Å²) < 4.78 is 0. The molecule has 0 spiro atoms. The van der Waals surface area contributed by atoms with Crippen molar-refractivity contribution in [1.29, 1.82) is 0 Å². The van der Waals surface area contributed by atoms with Gasteiger partial charge in [-0.3, -0.25) is 4.79 Å². The van der Waals surface area contributed by atoms with Gasteiger partial charge in [-0.2, -0.15) is 0 Å². The molecule has 1 aromatic rings. The van der Waals surface area contributed by atoms with E-state index in [-0.39, 0.29) is 16.6 Å². The predicted molar refractivity (Wildman–Crippen MR) is 87.8 cm³/mol. The molecule has 0 amide bonds. The fourth-order valence-electron chi connectivity index (χ4n) is 2.11. The maximum atomic E-state index is 11.6. The number of Topliss-reactive ketones (excluding diaryl/α,β-unsaturated/α-hetero) is 1. The number of allylic oxidation sites excluding steroid dienone is 1. The Bertz CT molecular complexity index is 653. The number of rotatable bonds is 4. The minimum atomic E-state index is -0.994. The quantitative estimate of drug-likeness (QED) is 0.892. The van der Waals surface area contributed by atoms with Gasteiger partial charge in [0.25, 0.3) is 0 Å². The number of carboxylic acid groups (broad SMARTS) is 1. The molecule has 2 N–H and O–H groups in total. The topological polar surface area (TPSA) is 78.8 Å². The number of carbonyl (C=O) groups excluding carboxylic acids is 1. The molecule has 6 heteroatoms. The number of aliphatic imine (C=N–C) groups is 1. The van der Waals surface area contributed by atoms with E-state index >= 15 is 0 Å². The first-order chi connectivity index (χ1) is 10.4. The lowest BCUT2D eigenvalue weighted by Gasteiger charge is -2.25. The van der Waals surface area contributed by atoms with E-state index in [1.54, 1.807) is 13.8 Å². The van der Waals surface area contributed by atoms with Gasteiger partial charge in [0.15, 0.2) is 5.17 Å². The van der Waals surface area contributed by atoms with E-state index in [9.17, 15) is 14.7 Å². The average molecular weight is 318 g/mol. The lowest BCUT2D eigenvalue weighted by molar-refractivity contribution is -0.133. The third-order valence-electron chi connectivity index (χ3n) is 3.42. The molecule has 22 heavy (non-hydrogen) atoms. The Kier molecular flexibility index (Phi) is 5.03. The second-order valence-electron chi connectivity index (χ2n) is 5.09. The molecule has 1 aliphatic rings. The van der Waals surface area contributed by atoms with Crippen LogP contribution in [0.3, 0.4) is 0 Å². The average Bonchev–Trinajstić information content (AvgIpc) is 2.46. The van der Waals surface area contributed by atoms with Crippen LogP contribution in [0.1, 0.15) is 32.4 Å². The van der Waals surface area contributed by atoms with Gasteiger partial charge < -0.3 is 10.4 Å². The molecule has 0 aliphatic carbocycles. The number of aliphatic carboxylic acids is 1. The highest BCUT2D eigenvalue weighted by atomic mass is 32.2. The summed E-state index contributed by atoms with van der Waals surface area (Å²) in [5.41, 5.74) is 1.59. The van der Waals surface area contributed by atoms with Gasteiger partial charge >= 0.3 is 5.97 Å². The normalized spacial score (nSPS) is 19.2. The van der Waals surface area contributed by atoms with E-state index in [2.05, 4.69) is 10.3 Å². The van der Waals surface area contributed by atoms with E-state index in [0.717, 1.165) is 5.56 Å². The Morgan fingerprint density at radius 2 is 1.95 bits per heavy atom. The van der Waals surface area contributed by atoms with Crippen LogP contribution in [0.25, 0.3) is 0 Å². The van der Waals surface area contributed by atoms with Crippen molar-refractivity contribution in [3.63, 3.8) is 0 Å². The summed E-state index contributed by atoms with van der Waals surface area (Å²) in [4.78, 5) is 27.5. The molecule has 5 nitrogen and oxygen atoms in total. The molecule has 116 valence electrons. The molecule has 0 saturated carbocycles. The summed E-state index contributed by atoms with van der Waals surface area (Å²) in [7, 11) is 0. The predicted octanol–water partition coefficient (Wildman–Crippen LogP) is 2.76. The first kappa shape index (κ1) is 16.3. The Balaban J connectivity index is 2.38. The number of ketones is 1. The monoisotopic (exact) mass is 318 g/mol. The number of hydrogen-bond acceptors (Lipinski definition) is 5. The van der Waals surface area contributed by atoms with E-state index in [4.69, 9.17) is 0 Å². The Morgan fingerprint density at radius 1 is 1.32 bits per heavy atom. The van der Waals surface area contributed by atoms with E-state index < -0.39 is 12.0 Å². The van der Waals surface area contributed by atoms with Crippen molar-refractivity contribution in [3.05, 3.63) is 47.2 Å². The van der Waals surface area contributed by atoms with Crippen LogP contribution in [0.2, 0.25) is 0 Å². The molecule has 0 saturated heterocycles. The van der Waals surface area contributed by atoms with Crippen LogP contribution in [0.15, 0.2) is 46.6 Å². The molecule has 2 atom stereocenters. The van der Waals surface area contributed by atoms with Crippen molar-refractivity contribution in [1.82, 2.24) is 5.32 Å². The van der Waals surface area contributed by atoms with Crippen molar-refractivity contribution in [2.75, 3.05) is 0 Å². The second kappa shape index (κ2) is 6.79. The van der Waals surface area contributed by atoms with Gasteiger partial charge in [0.05, 0.1) is 10.8 Å². The smallest absolute Gasteiger partial charge is 0.335 e. The van der Waals surface area contributed by atoms with Gasteiger partial charge in [0.2, 0.25) is 0 Å². The van der Waals surface area contributed by atoms with Crippen LogP contribution in [-0.2, 0) is 9.59 Å². The maximum absolute atomic E-state index is 11.6. The molecule has 0 fully saturated rings. The van der Waals surface area contributed by atoms with E-state index in [1.807, 2.05) is 30.3 Å². The van der Waals surface area contributed by atoms with Gasteiger partial charge in [-0.1, -0.05) is 42.1 Å². The second-order valence-corrected chi connectivity index (χ2v) is 6.42. The van der Waals surface area contributed by atoms with Crippen LogP contribution in [0.4, 0.5) is 0 Å². The van der Waals surface area contributed by atoms with Crippen LogP contribution in [0, 0.1) is 0 Å². The molecule has 1 heterocycles. The number of carbonyl (C=O) groups is 2. The Labute approximate surface area is 133 Å². The molecule has 0 bridgehead atoms. The third-order valence-corrected chi connectivity index (χ3v) is 4.54. The highest BCUT2D eigenvalue weighted by molar-refractivity contribution is 8.14. The summed E-state index contributed by atoms with van der Waals surface area (Å²) in [6.07, 6.45) is 0. The number of nitrogens with one attached hydrogen (secondary N) is 1. The van der Waals surface area contributed by atoms with Crippen LogP contribution >= 0.6 is 11.8 Å². The zero-order chi connectivity index (χ0) is 16.3. The zero-order valence-electron chi connectivity index (χ0n) is 12.7. The standard InChI is InChI=1S/C16H18N2O3S/c1-9-13(15(20)21)14(12-7-5-4-6-8-12)18-16(17-9)22-11(3)10(2)19/h4-8,11,14H,1-3H3,(H,17,18)(H,20,21). The number of thioether (sulfide) groups is 1. The number of carboxylic acids is 1. The van der Waals surface area contributed by atoms with Crippen LogP contribution < -0.4 is 5.32 Å². The minimum Gasteiger partial charge on any atom is -0.478 e.